The fraction of sp³-hybridized carbons (Fsp3) is 0. The minimum absolute atomic E-state index is 0.330. The largest absolute Gasteiger partial charge is 0.290 e. The molecule has 2 amide bonds. The predicted molar refractivity (Wildman–Crippen MR) is 103 cm³/mol. The summed E-state index contributed by atoms with van der Waals surface area (Å²) < 4.78 is 1.73. The van der Waals surface area contributed by atoms with Crippen molar-refractivity contribution in [3.63, 3.8) is 0 Å². The first-order chi connectivity index (χ1) is 12.6. The fourth-order valence-corrected chi connectivity index (χ4v) is 3.53. The third-order valence-corrected chi connectivity index (χ3v) is 4.96. The number of carbonyl (C=O) groups excluding carboxylic acids is 2. The van der Waals surface area contributed by atoms with Gasteiger partial charge in [0.2, 0.25) is 0 Å². The zero-order chi connectivity index (χ0) is 18.1. The summed E-state index contributed by atoms with van der Waals surface area (Å²) in [5.41, 5.74) is 2.98. The van der Waals surface area contributed by atoms with E-state index in [-0.39, 0.29) is 5.24 Å². The van der Waals surface area contributed by atoms with Crippen LogP contribution in [0.25, 0.3) is 23.0 Å². The number of thioether (sulfide) groups is 1. The lowest BCUT2D eigenvalue weighted by Gasteiger charge is -2.02. The monoisotopic (exact) mass is 381 g/mol. The van der Waals surface area contributed by atoms with Gasteiger partial charge in [-0.05, 0) is 36.0 Å². The molecule has 2 heterocycles. The van der Waals surface area contributed by atoms with Crippen molar-refractivity contribution >= 4 is 40.6 Å². The Morgan fingerprint density at radius 3 is 2.46 bits per heavy atom. The maximum atomic E-state index is 11.9. The molecule has 4 rings (SSSR count). The van der Waals surface area contributed by atoms with Crippen molar-refractivity contribution in [1.82, 2.24) is 15.1 Å². The van der Waals surface area contributed by atoms with Crippen LogP contribution < -0.4 is 5.32 Å². The number of benzene rings is 2. The topological polar surface area (TPSA) is 64.0 Å². The number of rotatable bonds is 3. The van der Waals surface area contributed by atoms with Crippen LogP contribution in [0.5, 0.6) is 0 Å². The van der Waals surface area contributed by atoms with Crippen LogP contribution in [0.2, 0.25) is 5.02 Å². The minimum atomic E-state index is -0.405. The summed E-state index contributed by atoms with van der Waals surface area (Å²) in [5, 5.41) is 7.10. The molecule has 1 aromatic heterocycles. The van der Waals surface area contributed by atoms with E-state index in [9.17, 15) is 9.59 Å². The van der Waals surface area contributed by atoms with Gasteiger partial charge in [-0.1, -0.05) is 48.0 Å². The van der Waals surface area contributed by atoms with E-state index in [1.165, 1.54) is 0 Å². The molecule has 5 nitrogen and oxygen atoms in total. The van der Waals surface area contributed by atoms with Crippen LogP contribution in [0.1, 0.15) is 5.56 Å². The molecule has 0 unspecified atom stereocenters. The van der Waals surface area contributed by atoms with Crippen LogP contribution in [0.3, 0.4) is 0 Å². The molecule has 0 bridgehead atoms. The number of carbonyl (C=O) groups is 2. The molecule has 1 fully saturated rings. The molecule has 26 heavy (non-hydrogen) atoms. The van der Waals surface area contributed by atoms with E-state index in [1.54, 1.807) is 16.8 Å². The number of imide groups is 1. The van der Waals surface area contributed by atoms with Crippen LogP contribution >= 0.6 is 23.4 Å². The Bertz CT molecular complexity index is 1040. The van der Waals surface area contributed by atoms with Crippen molar-refractivity contribution in [2.24, 2.45) is 0 Å². The van der Waals surface area contributed by atoms with E-state index in [4.69, 9.17) is 11.6 Å². The Morgan fingerprint density at radius 2 is 1.77 bits per heavy atom. The number of hydrogen-bond donors (Lipinski definition) is 1. The van der Waals surface area contributed by atoms with Crippen molar-refractivity contribution in [2.45, 2.75) is 0 Å². The zero-order valence-corrected chi connectivity index (χ0v) is 14.9. The van der Waals surface area contributed by atoms with Crippen molar-refractivity contribution in [2.75, 3.05) is 0 Å². The highest BCUT2D eigenvalue weighted by atomic mass is 35.5. The Kier molecular flexibility index (Phi) is 4.36. The molecule has 0 aliphatic carbocycles. The molecular weight excluding hydrogens is 370 g/mol. The average molecular weight is 382 g/mol. The molecule has 3 aromatic rings. The van der Waals surface area contributed by atoms with Gasteiger partial charge in [0.15, 0.2) is 0 Å². The molecule has 0 atom stereocenters. The van der Waals surface area contributed by atoms with Gasteiger partial charge in [-0.2, -0.15) is 5.10 Å². The van der Waals surface area contributed by atoms with E-state index in [2.05, 4.69) is 10.4 Å². The number of para-hydroxylation sites is 1. The summed E-state index contributed by atoms with van der Waals surface area (Å²) >= 11 is 7.22. The summed E-state index contributed by atoms with van der Waals surface area (Å²) in [7, 11) is 0. The summed E-state index contributed by atoms with van der Waals surface area (Å²) in [6.45, 7) is 0. The van der Waals surface area contributed by atoms with Crippen LogP contribution in [0.15, 0.2) is 65.7 Å². The van der Waals surface area contributed by atoms with Crippen LogP contribution in [0, 0.1) is 0 Å². The standard InChI is InChI=1S/C19H12ClN3O2S/c20-15-9-5-4-8-14(15)17-12(10-16-18(24)21-19(25)26-16)11-23(22-17)13-6-2-1-3-7-13/h1-11H,(H,21,24,25)/b16-10-. The molecular formula is C19H12ClN3O2S. The lowest BCUT2D eigenvalue weighted by Crippen LogP contribution is -2.17. The van der Waals surface area contributed by atoms with Gasteiger partial charge in [0.1, 0.15) is 5.69 Å². The maximum Gasteiger partial charge on any atom is 0.290 e. The second-order valence-corrected chi connectivity index (χ2v) is 6.97. The number of amides is 2. The zero-order valence-electron chi connectivity index (χ0n) is 13.3. The molecule has 0 spiro atoms. The van der Waals surface area contributed by atoms with Gasteiger partial charge >= 0.3 is 0 Å². The van der Waals surface area contributed by atoms with Crippen LogP contribution in [0.4, 0.5) is 4.79 Å². The van der Waals surface area contributed by atoms with Crippen molar-refractivity contribution in [3.8, 4) is 16.9 Å². The van der Waals surface area contributed by atoms with Crippen molar-refractivity contribution in [3.05, 3.63) is 76.3 Å². The molecule has 7 heteroatoms. The second kappa shape index (κ2) is 6.82. The third-order valence-electron chi connectivity index (χ3n) is 3.82. The third kappa shape index (κ3) is 3.16. The summed E-state index contributed by atoms with van der Waals surface area (Å²) in [6, 6.07) is 17.0. The number of halogens is 1. The molecule has 1 aliphatic heterocycles. The summed E-state index contributed by atoms with van der Waals surface area (Å²) in [6.07, 6.45) is 3.48. The van der Waals surface area contributed by atoms with Gasteiger partial charge in [-0.15, -0.1) is 0 Å². The smallest absolute Gasteiger partial charge is 0.282 e. The first-order valence-electron chi connectivity index (χ1n) is 7.76. The van der Waals surface area contributed by atoms with Gasteiger partial charge in [0.25, 0.3) is 11.1 Å². The SMILES string of the molecule is O=C1NC(=O)/C(=C/c2cn(-c3ccccc3)nc2-c2ccccc2Cl)S1. The molecule has 1 N–H and O–H groups in total. The number of hydrogen-bond acceptors (Lipinski definition) is 4. The van der Waals surface area contributed by atoms with Crippen LogP contribution in [-0.4, -0.2) is 20.9 Å². The van der Waals surface area contributed by atoms with E-state index < -0.39 is 5.91 Å². The quantitative estimate of drug-likeness (QED) is 0.677. The molecule has 1 aliphatic rings. The van der Waals surface area contributed by atoms with Crippen LogP contribution in [-0.2, 0) is 4.79 Å². The van der Waals surface area contributed by atoms with Gasteiger partial charge < -0.3 is 0 Å². The van der Waals surface area contributed by atoms with Gasteiger partial charge in [-0.3, -0.25) is 14.9 Å². The van der Waals surface area contributed by atoms with Gasteiger partial charge in [-0.25, -0.2) is 4.68 Å². The molecule has 128 valence electrons. The van der Waals surface area contributed by atoms with E-state index in [1.807, 2.05) is 54.7 Å². The second-order valence-electron chi connectivity index (χ2n) is 5.55. The normalized spacial score (nSPS) is 15.5. The Hall–Kier alpha value is -2.83. The Labute approximate surface area is 158 Å². The Balaban J connectivity index is 1.88. The highest BCUT2D eigenvalue weighted by Crippen LogP contribution is 2.33. The maximum absolute atomic E-state index is 11.9. The molecule has 1 saturated heterocycles. The highest BCUT2D eigenvalue weighted by Gasteiger charge is 2.26. The molecule has 0 saturated carbocycles. The lowest BCUT2D eigenvalue weighted by atomic mass is 10.1. The van der Waals surface area contributed by atoms with Gasteiger partial charge in [0.05, 0.1) is 15.6 Å². The van der Waals surface area contributed by atoms with E-state index in [0.29, 0.717) is 21.2 Å². The number of nitrogens with one attached hydrogen (secondary N) is 1. The van der Waals surface area contributed by atoms with Crippen molar-refractivity contribution < 1.29 is 9.59 Å². The number of aromatic nitrogens is 2. The lowest BCUT2D eigenvalue weighted by molar-refractivity contribution is -0.115. The summed E-state index contributed by atoms with van der Waals surface area (Å²) in [4.78, 5) is 23.7. The highest BCUT2D eigenvalue weighted by molar-refractivity contribution is 8.18. The predicted octanol–water partition coefficient (Wildman–Crippen LogP) is 4.52. The van der Waals surface area contributed by atoms with E-state index >= 15 is 0 Å². The molecule has 2 aromatic carbocycles. The Morgan fingerprint density at radius 1 is 1.04 bits per heavy atom. The fourth-order valence-electron chi connectivity index (χ4n) is 2.63. The first kappa shape index (κ1) is 16.6. The summed E-state index contributed by atoms with van der Waals surface area (Å²) in [5.74, 6) is -0.405. The molecule has 0 radical (unpaired) electrons. The van der Waals surface area contributed by atoms with Crippen molar-refractivity contribution in [1.29, 1.82) is 0 Å². The average Bonchev–Trinajstić information content (AvgIpc) is 3.19. The first-order valence-corrected chi connectivity index (χ1v) is 8.96. The van der Waals surface area contributed by atoms with E-state index in [0.717, 1.165) is 23.0 Å². The number of nitrogens with zero attached hydrogens (tertiary/aromatic N) is 2. The minimum Gasteiger partial charge on any atom is -0.282 e. The van der Waals surface area contributed by atoms with Gasteiger partial charge in [0, 0.05) is 17.3 Å².